The molecule has 0 radical (unpaired) electrons. The summed E-state index contributed by atoms with van der Waals surface area (Å²) in [7, 11) is 0. The first-order valence-corrected chi connectivity index (χ1v) is 10.0. The van der Waals surface area contributed by atoms with E-state index in [1.807, 2.05) is 0 Å². The fourth-order valence-corrected chi connectivity index (χ4v) is 0. The van der Waals surface area contributed by atoms with Gasteiger partial charge >= 0.3 is 34.5 Å². The van der Waals surface area contributed by atoms with Crippen molar-refractivity contribution >= 4 is 37.1 Å². The number of hydrogen-bond acceptors (Lipinski definition) is 2. The summed E-state index contributed by atoms with van der Waals surface area (Å²) in [4.78, 5) is 45.3. The van der Waals surface area contributed by atoms with Crippen molar-refractivity contribution in [1.82, 2.24) is 0 Å². The number of rotatable bonds is 0. The molecule has 0 aromatic heterocycles. The van der Waals surface area contributed by atoms with E-state index in [-0.39, 0.29) is 21.1 Å². The zero-order chi connectivity index (χ0) is 16.2. The van der Waals surface area contributed by atoms with E-state index in [4.69, 9.17) is 29.4 Å². The third kappa shape index (κ3) is 2040. The molecule has 11 heteroatoms. The molecule has 120 valence electrons. The SMILES string of the molecule is OP(O)(O)=S.OP(O)(O)=S.[CH2-]C(C)C.[CH2-]C(C)C.[Mo+2]. The van der Waals surface area contributed by atoms with Crippen LogP contribution < -0.4 is 0 Å². The minimum absolute atomic E-state index is 0. The van der Waals surface area contributed by atoms with Crippen molar-refractivity contribution in [3.05, 3.63) is 13.8 Å². The minimum Gasteiger partial charge on any atom is -0.341 e. The topological polar surface area (TPSA) is 121 Å². The van der Waals surface area contributed by atoms with Crippen LogP contribution in [-0.2, 0) is 44.7 Å². The second-order valence-corrected chi connectivity index (χ2v) is 8.81. The van der Waals surface area contributed by atoms with Gasteiger partial charge in [-0.2, -0.15) is 11.8 Å². The van der Waals surface area contributed by atoms with Gasteiger partial charge in [0, 0.05) is 0 Å². The zero-order valence-corrected chi connectivity index (χ0v) is 16.8. The summed E-state index contributed by atoms with van der Waals surface area (Å²) in [5.74, 6) is 1.17. The third-order valence-corrected chi connectivity index (χ3v) is 0. The normalized spacial score (nSPS) is 10.0. The van der Waals surface area contributed by atoms with Gasteiger partial charge in [0.2, 0.25) is 0 Å². The first kappa shape index (κ1) is 32.6. The molecule has 19 heavy (non-hydrogen) atoms. The molecule has 0 bridgehead atoms. The van der Waals surface area contributed by atoms with Crippen molar-refractivity contribution in [2.24, 2.45) is 11.8 Å². The first-order valence-electron chi connectivity index (χ1n) is 4.69. The van der Waals surface area contributed by atoms with Crippen molar-refractivity contribution in [2.45, 2.75) is 27.7 Å². The molecule has 0 aliphatic heterocycles. The quantitative estimate of drug-likeness (QED) is 0.190. The van der Waals surface area contributed by atoms with Gasteiger partial charge < -0.3 is 43.2 Å². The van der Waals surface area contributed by atoms with E-state index in [0.717, 1.165) is 0 Å². The molecular formula is C8H24MoO6P2S2. The van der Waals surface area contributed by atoms with E-state index >= 15 is 0 Å². The maximum absolute atomic E-state index is 7.56. The Balaban J connectivity index is -0.0000000453. The summed E-state index contributed by atoms with van der Waals surface area (Å²) in [6.07, 6.45) is 0. The molecule has 0 amide bonds. The van der Waals surface area contributed by atoms with Gasteiger partial charge in [0.1, 0.15) is 0 Å². The molecule has 0 aromatic carbocycles. The molecule has 0 saturated heterocycles. The van der Waals surface area contributed by atoms with Gasteiger partial charge in [-0.1, -0.05) is 27.7 Å². The van der Waals surface area contributed by atoms with Gasteiger partial charge in [0.25, 0.3) is 0 Å². The van der Waals surface area contributed by atoms with Crippen LogP contribution in [0.3, 0.4) is 0 Å². The fourth-order valence-electron chi connectivity index (χ4n) is 0. The molecule has 0 rings (SSSR count). The molecule has 6 N–H and O–H groups in total. The Hall–Kier alpha value is 1.75. The Labute approximate surface area is 140 Å². The summed E-state index contributed by atoms with van der Waals surface area (Å²) in [6, 6.07) is 0. The smallest absolute Gasteiger partial charge is 0.341 e. The van der Waals surface area contributed by atoms with E-state index in [9.17, 15) is 0 Å². The van der Waals surface area contributed by atoms with Gasteiger partial charge in [0.15, 0.2) is 0 Å². The second kappa shape index (κ2) is 17.8. The average Bonchev–Trinajstić information content (AvgIpc) is 1.70. The van der Waals surface area contributed by atoms with Crippen LogP contribution in [0.1, 0.15) is 27.7 Å². The van der Waals surface area contributed by atoms with Crippen LogP contribution in [0.2, 0.25) is 0 Å². The van der Waals surface area contributed by atoms with E-state index in [0.29, 0.717) is 11.8 Å². The fraction of sp³-hybridized carbons (Fsp3) is 0.750. The largest absolute Gasteiger partial charge is 2.00 e. The molecule has 0 spiro atoms. The third-order valence-electron chi connectivity index (χ3n) is 0. The van der Waals surface area contributed by atoms with Crippen molar-refractivity contribution < 1.29 is 50.4 Å². The van der Waals surface area contributed by atoms with Crippen LogP contribution in [0, 0.1) is 25.7 Å². The van der Waals surface area contributed by atoms with Gasteiger partial charge in [-0.25, -0.2) is 0 Å². The van der Waals surface area contributed by atoms with Crippen molar-refractivity contribution in [3.8, 4) is 0 Å². The molecule has 0 fully saturated rings. The van der Waals surface area contributed by atoms with Crippen molar-refractivity contribution in [3.63, 3.8) is 0 Å². The Morgan fingerprint density at radius 2 is 0.684 bits per heavy atom. The molecule has 0 unspecified atom stereocenters. The van der Waals surface area contributed by atoms with Gasteiger partial charge in [-0.05, 0) is 23.6 Å². The van der Waals surface area contributed by atoms with Crippen LogP contribution in [0.4, 0.5) is 0 Å². The van der Waals surface area contributed by atoms with Crippen LogP contribution in [-0.4, -0.2) is 29.4 Å². The van der Waals surface area contributed by atoms with Gasteiger partial charge in [-0.3, -0.25) is 0 Å². The zero-order valence-electron chi connectivity index (χ0n) is 11.4. The minimum atomic E-state index is -3.81. The summed E-state index contributed by atoms with van der Waals surface area (Å²) < 4.78 is 0. The molecule has 0 atom stereocenters. The van der Waals surface area contributed by atoms with Crippen LogP contribution in [0.5, 0.6) is 0 Å². The summed E-state index contributed by atoms with van der Waals surface area (Å²) in [5, 5.41) is 0. The van der Waals surface area contributed by atoms with Crippen molar-refractivity contribution in [2.75, 3.05) is 0 Å². The Bertz CT molecular complexity index is 206. The molecule has 6 nitrogen and oxygen atoms in total. The van der Waals surface area contributed by atoms with Gasteiger partial charge in [-0.15, -0.1) is 0 Å². The average molecular weight is 438 g/mol. The molecule has 0 aliphatic rings. The summed E-state index contributed by atoms with van der Waals surface area (Å²) in [6.45, 7) is 7.89. The molecule has 0 saturated carbocycles. The van der Waals surface area contributed by atoms with E-state index < -0.39 is 13.4 Å². The maximum atomic E-state index is 7.56. The number of hydrogen-bond donors (Lipinski definition) is 6. The van der Waals surface area contributed by atoms with E-state index in [1.54, 1.807) is 0 Å². The predicted octanol–water partition coefficient (Wildman–Crippen LogP) is 1.33. The first-order chi connectivity index (χ1) is 7.46. The van der Waals surface area contributed by atoms with E-state index in [2.05, 4.69) is 65.2 Å². The van der Waals surface area contributed by atoms with Crippen LogP contribution >= 0.6 is 13.4 Å². The Morgan fingerprint density at radius 1 is 0.684 bits per heavy atom. The molecule has 0 aromatic rings. The van der Waals surface area contributed by atoms with Gasteiger partial charge in [0.05, 0.1) is 0 Å². The molecule has 0 aliphatic carbocycles. The maximum Gasteiger partial charge on any atom is 2.00 e. The van der Waals surface area contributed by atoms with Crippen molar-refractivity contribution in [1.29, 1.82) is 0 Å². The monoisotopic (exact) mass is 440 g/mol. The molecule has 0 heterocycles. The van der Waals surface area contributed by atoms with Crippen LogP contribution in [0.25, 0.3) is 0 Å². The Morgan fingerprint density at radius 3 is 0.684 bits per heavy atom. The van der Waals surface area contributed by atoms with Crippen LogP contribution in [0.15, 0.2) is 0 Å². The van der Waals surface area contributed by atoms with E-state index in [1.165, 1.54) is 0 Å². The summed E-state index contributed by atoms with van der Waals surface area (Å²) >= 11 is 7.21. The Kier molecular flexibility index (Phi) is 30.6. The summed E-state index contributed by atoms with van der Waals surface area (Å²) in [5.41, 5.74) is 0. The standard InChI is InChI=1S/2C4H9.Mo.2H3O3PS/c2*1-4(2)3;;2*1-4(2,3)5/h2*4H,1H2,2-3H3;;2*(H3,1,2,3,5)/q2*-1;+2;;. The predicted molar refractivity (Wildman–Crippen MR) is 82.3 cm³/mol. The second-order valence-electron chi connectivity index (χ2n) is 3.81. The molecular weight excluding hydrogens is 414 g/mol.